The number of rotatable bonds is 9. The van der Waals surface area contributed by atoms with Crippen LogP contribution in [0.25, 0.3) is 0 Å². The lowest BCUT2D eigenvalue weighted by Gasteiger charge is -2.11. The summed E-state index contributed by atoms with van der Waals surface area (Å²) in [6.45, 7) is 7.00. The fourth-order valence-electron chi connectivity index (χ4n) is 1.73. The molecule has 0 aromatic carbocycles. The van der Waals surface area contributed by atoms with Gasteiger partial charge in [0.25, 0.3) is 0 Å². The van der Waals surface area contributed by atoms with Crippen molar-refractivity contribution in [3.8, 4) is 0 Å². The van der Waals surface area contributed by atoms with Crippen LogP contribution >= 0.6 is 0 Å². The lowest BCUT2D eigenvalue weighted by Crippen LogP contribution is -2.09. The molecule has 0 aliphatic rings. The molecule has 0 saturated carbocycles. The van der Waals surface area contributed by atoms with E-state index in [2.05, 4.69) is 20.8 Å². The van der Waals surface area contributed by atoms with Crippen molar-refractivity contribution in [2.24, 2.45) is 0 Å². The van der Waals surface area contributed by atoms with E-state index in [4.69, 9.17) is 0 Å². The first kappa shape index (κ1) is 13.2. The van der Waals surface area contributed by atoms with Gasteiger partial charge in [0, 0.05) is 8.80 Å². The quantitative estimate of drug-likeness (QED) is 0.367. The van der Waals surface area contributed by atoms with E-state index < -0.39 is 0 Å². The van der Waals surface area contributed by atoms with E-state index in [1.807, 2.05) is 0 Å². The Bertz CT molecular complexity index is 81.1. The average molecular weight is 199 g/mol. The fourth-order valence-corrected chi connectivity index (χ4v) is 4.19. The summed E-state index contributed by atoms with van der Waals surface area (Å²) < 4.78 is 0. The molecule has 0 amide bonds. The lowest BCUT2D eigenvalue weighted by molar-refractivity contribution is 0.744. The number of hydrogen-bond donors (Lipinski definition) is 0. The average Bonchev–Trinajstić information content (AvgIpc) is 2.16. The highest BCUT2D eigenvalue weighted by Crippen LogP contribution is 2.14. The predicted molar refractivity (Wildman–Crippen MR) is 64.9 cm³/mol. The molecule has 0 fully saturated rings. The van der Waals surface area contributed by atoms with Gasteiger partial charge in [-0.15, -0.1) is 0 Å². The standard InChI is InChI=1S/C12H27Si/c1-4-7-9-11-13(6-3)12-10-8-5-2/h4-12H2,1-3H3. The molecule has 0 nitrogen and oxygen atoms in total. The van der Waals surface area contributed by atoms with Gasteiger partial charge in [0.15, 0.2) is 0 Å². The van der Waals surface area contributed by atoms with Crippen molar-refractivity contribution in [3.05, 3.63) is 0 Å². The van der Waals surface area contributed by atoms with Crippen LogP contribution in [0.1, 0.15) is 59.3 Å². The van der Waals surface area contributed by atoms with Gasteiger partial charge >= 0.3 is 0 Å². The summed E-state index contributed by atoms with van der Waals surface area (Å²) in [6.07, 6.45) is 8.70. The molecule has 0 N–H and O–H groups in total. The van der Waals surface area contributed by atoms with Crippen LogP contribution in [0.15, 0.2) is 0 Å². The SMILES string of the molecule is CCCCC[Si](CC)CCCCC. The molecule has 0 spiro atoms. The summed E-state index contributed by atoms with van der Waals surface area (Å²) in [7, 11) is 0.0711. The van der Waals surface area contributed by atoms with Crippen LogP contribution in [0.5, 0.6) is 0 Å². The lowest BCUT2D eigenvalue weighted by atomic mass is 10.3. The maximum absolute atomic E-state index is 2.40. The molecule has 1 radical (unpaired) electrons. The van der Waals surface area contributed by atoms with E-state index in [0.29, 0.717) is 0 Å². The Morgan fingerprint density at radius 2 is 1.15 bits per heavy atom. The van der Waals surface area contributed by atoms with Gasteiger partial charge in [-0.25, -0.2) is 0 Å². The third kappa shape index (κ3) is 8.54. The molecule has 0 rings (SSSR count). The van der Waals surface area contributed by atoms with Crippen LogP contribution in [0.2, 0.25) is 18.1 Å². The molecule has 0 atom stereocenters. The molecule has 79 valence electrons. The van der Waals surface area contributed by atoms with Crippen LogP contribution < -0.4 is 0 Å². The molecule has 0 aliphatic heterocycles. The molecule has 0 aromatic rings. The maximum Gasteiger partial charge on any atom is 0.0476 e. The van der Waals surface area contributed by atoms with E-state index in [9.17, 15) is 0 Å². The Labute approximate surface area is 86.7 Å². The van der Waals surface area contributed by atoms with Crippen molar-refractivity contribution in [1.82, 2.24) is 0 Å². The molecule has 0 bridgehead atoms. The third-order valence-corrected chi connectivity index (χ3v) is 5.89. The first-order chi connectivity index (χ1) is 6.35. The molecule has 0 unspecified atom stereocenters. The Morgan fingerprint density at radius 1 is 0.692 bits per heavy atom. The molecule has 0 heterocycles. The molecular formula is C12H27Si. The summed E-state index contributed by atoms with van der Waals surface area (Å²) >= 11 is 0. The van der Waals surface area contributed by atoms with Crippen molar-refractivity contribution in [1.29, 1.82) is 0 Å². The zero-order chi connectivity index (χ0) is 9.94. The minimum Gasteiger partial charge on any atom is -0.0680 e. The van der Waals surface area contributed by atoms with E-state index in [0.717, 1.165) is 0 Å². The molecule has 13 heavy (non-hydrogen) atoms. The summed E-state index contributed by atoms with van der Waals surface area (Å²) in [6, 6.07) is 4.66. The van der Waals surface area contributed by atoms with Crippen LogP contribution in [0.3, 0.4) is 0 Å². The highest BCUT2D eigenvalue weighted by Gasteiger charge is 2.06. The summed E-state index contributed by atoms with van der Waals surface area (Å²) in [5, 5.41) is 0. The first-order valence-corrected chi connectivity index (χ1v) is 8.30. The smallest absolute Gasteiger partial charge is 0.0476 e. The van der Waals surface area contributed by atoms with Gasteiger partial charge in [-0.3, -0.25) is 0 Å². The monoisotopic (exact) mass is 199 g/mol. The number of unbranched alkanes of at least 4 members (excludes halogenated alkanes) is 4. The Morgan fingerprint density at radius 3 is 1.46 bits per heavy atom. The van der Waals surface area contributed by atoms with Gasteiger partial charge in [0.2, 0.25) is 0 Å². The molecule has 1 heteroatoms. The van der Waals surface area contributed by atoms with Crippen LogP contribution in [-0.4, -0.2) is 8.80 Å². The number of hydrogen-bond acceptors (Lipinski definition) is 0. The van der Waals surface area contributed by atoms with Gasteiger partial charge in [0.05, 0.1) is 0 Å². The summed E-state index contributed by atoms with van der Waals surface area (Å²) in [5.41, 5.74) is 0. The topological polar surface area (TPSA) is 0 Å². The second-order valence-electron chi connectivity index (χ2n) is 4.02. The minimum absolute atomic E-state index is 0.0711. The van der Waals surface area contributed by atoms with Gasteiger partial charge in [-0.2, -0.15) is 0 Å². The zero-order valence-corrected chi connectivity index (χ0v) is 10.9. The second kappa shape index (κ2) is 10.3. The molecular weight excluding hydrogens is 172 g/mol. The van der Waals surface area contributed by atoms with E-state index in [1.165, 1.54) is 44.6 Å². The maximum atomic E-state index is 2.40. The first-order valence-electron chi connectivity index (χ1n) is 6.18. The molecule has 0 aromatic heterocycles. The van der Waals surface area contributed by atoms with E-state index in [1.54, 1.807) is 12.1 Å². The highest BCUT2D eigenvalue weighted by molar-refractivity contribution is 6.58. The molecule has 0 aliphatic carbocycles. The van der Waals surface area contributed by atoms with Crippen molar-refractivity contribution in [3.63, 3.8) is 0 Å². The predicted octanol–water partition coefficient (Wildman–Crippen LogP) is 4.88. The second-order valence-corrected chi connectivity index (χ2v) is 7.22. The van der Waals surface area contributed by atoms with Gasteiger partial charge in [-0.1, -0.05) is 77.4 Å². The fraction of sp³-hybridized carbons (Fsp3) is 1.00. The largest absolute Gasteiger partial charge is 0.0680 e. The van der Waals surface area contributed by atoms with E-state index >= 15 is 0 Å². The minimum atomic E-state index is 0.0711. The summed E-state index contributed by atoms with van der Waals surface area (Å²) in [5.74, 6) is 0. The summed E-state index contributed by atoms with van der Waals surface area (Å²) in [4.78, 5) is 0. The molecule has 0 saturated heterocycles. The van der Waals surface area contributed by atoms with Gasteiger partial charge < -0.3 is 0 Å². The van der Waals surface area contributed by atoms with Crippen LogP contribution in [0.4, 0.5) is 0 Å². The van der Waals surface area contributed by atoms with Gasteiger partial charge in [-0.05, 0) is 0 Å². The Balaban J connectivity index is 3.28. The van der Waals surface area contributed by atoms with Crippen molar-refractivity contribution >= 4 is 8.80 Å². The normalized spacial score (nSPS) is 11.1. The Kier molecular flexibility index (Phi) is 10.5. The highest BCUT2D eigenvalue weighted by atomic mass is 28.3. The Hall–Kier alpha value is 0.217. The van der Waals surface area contributed by atoms with Crippen molar-refractivity contribution in [2.75, 3.05) is 0 Å². The third-order valence-electron chi connectivity index (χ3n) is 2.77. The van der Waals surface area contributed by atoms with Crippen molar-refractivity contribution in [2.45, 2.75) is 77.4 Å². The van der Waals surface area contributed by atoms with E-state index in [-0.39, 0.29) is 8.80 Å². The van der Waals surface area contributed by atoms with Crippen LogP contribution in [0, 0.1) is 0 Å². The van der Waals surface area contributed by atoms with Gasteiger partial charge in [0.1, 0.15) is 0 Å². The van der Waals surface area contributed by atoms with Crippen LogP contribution in [-0.2, 0) is 0 Å². The van der Waals surface area contributed by atoms with Crippen molar-refractivity contribution < 1.29 is 0 Å². The zero-order valence-electron chi connectivity index (χ0n) is 9.86.